The number of rotatable bonds is 2. The highest BCUT2D eigenvalue weighted by Crippen LogP contribution is 1.98. The fourth-order valence-electron chi connectivity index (χ4n) is 0.716. The molecule has 0 atom stereocenters. The molecule has 0 aliphatic heterocycles. The molecule has 0 radical (unpaired) electrons. The first-order valence-corrected chi connectivity index (χ1v) is 2.96. The molecule has 1 rings (SSSR count). The molecule has 0 spiro atoms. The Balaban J connectivity index is 2.88. The van der Waals surface area contributed by atoms with Gasteiger partial charge in [0.25, 0.3) is 0 Å². The van der Waals surface area contributed by atoms with E-state index in [0.29, 0.717) is 12.2 Å². The van der Waals surface area contributed by atoms with Crippen LogP contribution in [0.15, 0.2) is 12.1 Å². The standard InChI is InChI=1S/C6H10N4/c7-3-4-1-2-5(10-4)6(8)9/h1-2,10H,3,7H2,(H3,8,9). The lowest BCUT2D eigenvalue weighted by atomic mass is 10.4. The smallest absolute Gasteiger partial charge is 0.139 e. The highest BCUT2D eigenvalue weighted by atomic mass is 14.8. The highest BCUT2D eigenvalue weighted by molar-refractivity contribution is 5.93. The molecule has 54 valence electrons. The predicted octanol–water partition coefficient (Wildman–Crippen LogP) is -0.243. The van der Waals surface area contributed by atoms with Crippen LogP contribution in [0.3, 0.4) is 0 Å². The van der Waals surface area contributed by atoms with Gasteiger partial charge >= 0.3 is 0 Å². The topological polar surface area (TPSA) is 91.7 Å². The maximum absolute atomic E-state index is 7.03. The molecule has 0 bridgehead atoms. The molecule has 0 saturated heterocycles. The first-order chi connectivity index (χ1) is 4.74. The molecule has 0 amide bonds. The summed E-state index contributed by atoms with van der Waals surface area (Å²) in [4.78, 5) is 2.89. The van der Waals surface area contributed by atoms with Crippen LogP contribution in [0.2, 0.25) is 0 Å². The Kier molecular flexibility index (Phi) is 1.73. The highest BCUT2D eigenvalue weighted by Gasteiger charge is 1.97. The number of nitrogen functional groups attached to an aromatic ring is 1. The Bertz CT molecular complexity index is 238. The molecule has 4 nitrogen and oxygen atoms in total. The number of H-pyrrole nitrogens is 1. The number of hydrogen-bond donors (Lipinski definition) is 4. The molecular formula is C6H10N4. The van der Waals surface area contributed by atoms with Crippen LogP contribution in [0.25, 0.3) is 0 Å². The van der Waals surface area contributed by atoms with Gasteiger partial charge in [-0.3, -0.25) is 5.41 Å². The quantitative estimate of drug-likeness (QED) is 0.335. The van der Waals surface area contributed by atoms with E-state index in [4.69, 9.17) is 16.9 Å². The summed E-state index contributed by atoms with van der Waals surface area (Å²) in [6, 6.07) is 3.56. The van der Waals surface area contributed by atoms with Gasteiger partial charge in [-0.25, -0.2) is 0 Å². The first-order valence-electron chi connectivity index (χ1n) is 2.96. The molecule has 0 saturated carbocycles. The maximum Gasteiger partial charge on any atom is 0.139 e. The Labute approximate surface area is 58.7 Å². The van der Waals surface area contributed by atoms with E-state index in [1.54, 1.807) is 6.07 Å². The molecule has 6 N–H and O–H groups in total. The van der Waals surface area contributed by atoms with Crippen LogP contribution in [0, 0.1) is 5.41 Å². The Hall–Kier alpha value is -1.29. The van der Waals surface area contributed by atoms with Crippen molar-refractivity contribution in [3.63, 3.8) is 0 Å². The van der Waals surface area contributed by atoms with Crippen molar-refractivity contribution in [3.8, 4) is 0 Å². The lowest BCUT2D eigenvalue weighted by Crippen LogP contribution is -2.11. The summed E-state index contributed by atoms with van der Waals surface area (Å²) in [6.45, 7) is 0.452. The van der Waals surface area contributed by atoms with Crippen molar-refractivity contribution >= 4 is 5.84 Å². The summed E-state index contributed by atoms with van der Waals surface area (Å²) in [5.41, 5.74) is 12.0. The summed E-state index contributed by atoms with van der Waals surface area (Å²) in [5, 5.41) is 7.03. The maximum atomic E-state index is 7.03. The van der Waals surface area contributed by atoms with Gasteiger partial charge in [-0.05, 0) is 12.1 Å². The van der Waals surface area contributed by atoms with Crippen LogP contribution >= 0.6 is 0 Å². The molecule has 1 aromatic heterocycles. The minimum Gasteiger partial charge on any atom is -0.382 e. The number of amidine groups is 1. The van der Waals surface area contributed by atoms with Crippen molar-refractivity contribution < 1.29 is 0 Å². The van der Waals surface area contributed by atoms with Crippen molar-refractivity contribution in [1.29, 1.82) is 5.41 Å². The minimum absolute atomic E-state index is 0.0414. The van der Waals surface area contributed by atoms with Crippen LogP contribution in [0.5, 0.6) is 0 Å². The van der Waals surface area contributed by atoms with Gasteiger partial charge in [-0.15, -0.1) is 0 Å². The van der Waals surface area contributed by atoms with Crippen molar-refractivity contribution in [2.45, 2.75) is 6.54 Å². The van der Waals surface area contributed by atoms with Gasteiger partial charge in [0.1, 0.15) is 5.84 Å². The second-order valence-corrected chi connectivity index (χ2v) is 2.02. The first kappa shape index (κ1) is 6.82. The molecule has 1 aromatic rings. The van der Waals surface area contributed by atoms with Gasteiger partial charge in [0.15, 0.2) is 0 Å². The SMILES string of the molecule is N=C(N)c1ccc(CN)[nH]1. The fourth-order valence-corrected chi connectivity index (χ4v) is 0.716. The Morgan fingerprint density at radius 1 is 1.60 bits per heavy atom. The average molecular weight is 138 g/mol. The zero-order chi connectivity index (χ0) is 7.56. The van der Waals surface area contributed by atoms with E-state index in [1.807, 2.05) is 6.07 Å². The van der Waals surface area contributed by atoms with Crippen LogP contribution in [-0.2, 0) is 6.54 Å². The van der Waals surface area contributed by atoms with Gasteiger partial charge in [-0.1, -0.05) is 0 Å². The molecule has 0 fully saturated rings. The third kappa shape index (κ3) is 1.16. The van der Waals surface area contributed by atoms with Crippen molar-refractivity contribution in [1.82, 2.24) is 4.98 Å². The summed E-state index contributed by atoms with van der Waals surface area (Å²) in [6.07, 6.45) is 0. The monoisotopic (exact) mass is 138 g/mol. The zero-order valence-electron chi connectivity index (χ0n) is 5.52. The second kappa shape index (κ2) is 2.53. The van der Waals surface area contributed by atoms with Crippen molar-refractivity contribution in [2.75, 3.05) is 0 Å². The van der Waals surface area contributed by atoms with E-state index < -0.39 is 0 Å². The van der Waals surface area contributed by atoms with E-state index in [2.05, 4.69) is 4.98 Å². The summed E-state index contributed by atoms with van der Waals surface area (Å²) in [7, 11) is 0. The van der Waals surface area contributed by atoms with E-state index in [1.165, 1.54) is 0 Å². The lowest BCUT2D eigenvalue weighted by Gasteiger charge is -1.90. The Morgan fingerprint density at radius 3 is 2.60 bits per heavy atom. The van der Waals surface area contributed by atoms with Crippen LogP contribution in [0.4, 0.5) is 0 Å². The summed E-state index contributed by atoms with van der Waals surface area (Å²) in [5.74, 6) is 0.0414. The lowest BCUT2D eigenvalue weighted by molar-refractivity contribution is 1.01. The van der Waals surface area contributed by atoms with Crippen LogP contribution < -0.4 is 11.5 Å². The van der Waals surface area contributed by atoms with E-state index in [-0.39, 0.29) is 5.84 Å². The molecule has 1 heterocycles. The normalized spacial score (nSPS) is 9.70. The Morgan fingerprint density at radius 2 is 2.30 bits per heavy atom. The molecule has 10 heavy (non-hydrogen) atoms. The van der Waals surface area contributed by atoms with Crippen LogP contribution in [-0.4, -0.2) is 10.8 Å². The molecule has 4 heteroatoms. The van der Waals surface area contributed by atoms with E-state index >= 15 is 0 Å². The third-order valence-corrected chi connectivity index (χ3v) is 1.26. The number of aromatic amines is 1. The molecule has 0 unspecified atom stereocenters. The summed E-state index contributed by atoms with van der Waals surface area (Å²) >= 11 is 0. The van der Waals surface area contributed by atoms with E-state index in [9.17, 15) is 0 Å². The average Bonchev–Trinajstić information content (AvgIpc) is 2.34. The number of aromatic nitrogens is 1. The third-order valence-electron chi connectivity index (χ3n) is 1.26. The molecule has 0 aromatic carbocycles. The summed E-state index contributed by atoms with van der Waals surface area (Å²) < 4.78 is 0. The van der Waals surface area contributed by atoms with Crippen molar-refractivity contribution in [3.05, 3.63) is 23.5 Å². The largest absolute Gasteiger partial charge is 0.382 e. The second-order valence-electron chi connectivity index (χ2n) is 2.02. The number of nitrogens with one attached hydrogen (secondary N) is 2. The zero-order valence-corrected chi connectivity index (χ0v) is 5.52. The number of hydrogen-bond acceptors (Lipinski definition) is 2. The fraction of sp³-hybridized carbons (Fsp3) is 0.167. The van der Waals surface area contributed by atoms with Gasteiger partial charge in [0, 0.05) is 12.2 Å². The van der Waals surface area contributed by atoms with Gasteiger partial charge in [0.05, 0.1) is 5.69 Å². The minimum atomic E-state index is 0.0414. The van der Waals surface area contributed by atoms with E-state index in [0.717, 1.165) is 5.69 Å². The van der Waals surface area contributed by atoms with Gasteiger partial charge in [0.2, 0.25) is 0 Å². The van der Waals surface area contributed by atoms with Crippen molar-refractivity contribution in [2.24, 2.45) is 11.5 Å². The predicted molar refractivity (Wildman–Crippen MR) is 39.7 cm³/mol. The van der Waals surface area contributed by atoms with Crippen LogP contribution in [0.1, 0.15) is 11.4 Å². The van der Waals surface area contributed by atoms with Gasteiger partial charge in [-0.2, -0.15) is 0 Å². The molecular weight excluding hydrogens is 128 g/mol. The van der Waals surface area contributed by atoms with Gasteiger partial charge < -0.3 is 16.5 Å². The number of nitrogens with two attached hydrogens (primary N) is 2. The molecule has 0 aliphatic carbocycles. The molecule has 0 aliphatic rings.